The zero-order chi connectivity index (χ0) is 29.0. The van der Waals surface area contributed by atoms with Gasteiger partial charge in [-0.25, -0.2) is 4.79 Å². The predicted octanol–water partition coefficient (Wildman–Crippen LogP) is 3.08. The van der Waals surface area contributed by atoms with Crippen LogP contribution in [0, 0.1) is 20.2 Å². The summed E-state index contributed by atoms with van der Waals surface area (Å²) in [5, 5.41) is 30.3. The molecule has 0 aromatic heterocycles. The maximum atomic E-state index is 11.5. The van der Waals surface area contributed by atoms with E-state index in [1.54, 1.807) is 12.1 Å². The van der Waals surface area contributed by atoms with Crippen LogP contribution in [0.5, 0.6) is 11.5 Å². The van der Waals surface area contributed by atoms with Gasteiger partial charge in [0.15, 0.2) is 0 Å². The normalized spacial score (nSPS) is 11.5. The van der Waals surface area contributed by atoms with E-state index in [0.717, 1.165) is 18.2 Å². The van der Waals surface area contributed by atoms with E-state index in [1.165, 1.54) is 52.1 Å². The first-order valence-corrected chi connectivity index (χ1v) is 10.9. The van der Waals surface area contributed by atoms with Crippen LogP contribution in [0.3, 0.4) is 0 Å². The van der Waals surface area contributed by atoms with Gasteiger partial charge in [-0.2, -0.15) is 0 Å². The Hall–Kier alpha value is -5.19. The van der Waals surface area contributed by atoms with E-state index in [4.69, 9.17) is 4.74 Å². The van der Waals surface area contributed by atoms with Crippen molar-refractivity contribution in [1.82, 2.24) is 5.32 Å². The number of nitrogens with zero attached hydrogens (tertiary/aromatic N) is 4. The molecular formula is C22H25N5O12. The molecule has 0 spiro atoms. The van der Waals surface area contributed by atoms with E-state index in [1.807, 2.05) is 0 Å². The molecule has 0 bridgehead atoms. The van der Waals surface area contributed by atoms with Crippen molar-refractivity contribution in [3.05, 3.63) is 68.3 Å². The molecule has 0 amide bonds. The minimum atomic E-state index is -0.829. The highest BCUT2D eigenvalue weighted by Gasteiger charge is 2.21. The SMILES string of the molecule is C1CCNC1.CC(=O)Oc1ccccc1C(=O)OCOC=O.CO/N=N\Oc1ccc([N+](=O)[O-])cc1[N+](=O)[O-]. The summed E-state index contributed by atoms with van der Waals surface area (Å²) in [6, 6.07) is 8.94. The Morgan fingerprint density at radius 3 is 2.26 bits per heavy atom. The fraction of sp³-hybridized carbons (Fsp3) is 0.318. The van der Waals surface area contributed by atoms with Crippen LogP contribution in [0.15, 0.2) is 53.0 Å². The quantitative estimate of drug-likeness (QED) is 0.0656. The summed E-state index contributed by atoms with van der Waals surface area (Å²) in [6.45, 7) is 3.39. The van der Waals surface area contributed by atoms with E-state index < -0.39 is 40.0 Å². The number of hydrogen-bond acceptors (Lipinski definition) is 15. The smallest absolute Gasteiger partial charge is 0.344 e. The highest BCUT2D eigenvalue weighted by molar-refractivity contribution is 5.93. The second-order valence-corrected chi connectivity index (χ2v) is 6.96. The van der Waals surface area contributed by atoms with Crippen LogP contribution in [-0.4, -0.2) is 55.2 Å². The summed E-state index contributed by atoms with van der Waals surface area (Å²) >= 11 is 0. The van der Waals surface area contributed by atoms with E-state index in [2.05, 4.69) is 35.0 Å². The predicted molar refractivity (Wildman–Crippen MR) is 130 cm³/mol. The van der Waals surface area contributed by atoms with Gasteiger partial charge in [-0.15, -0.1) is 0 Å². The molecule has 17 nitrogen and oxygen atoms in total. The van der Waals surface area contributed by atoms with Gasteiger partial charge in [0.2, 0.25) is 12.5 Å². The molecule has 3 rings (SSSR count). The molecule has 0 aliphatic carbocycles. The van der Waals surface area contributed by atoms with Gasteiger partial charge in [0.25, 0.3) is 12.2 Å². The van der Waals surface area contributed by atoms with Crippen molar-refractivity contribution in [2.75, 3.05) is 27.0 Å². The number of nitrogens with one attached hydrogen (secondary N) is 1. The molecule has 17 heteroatoms. The molecule has 1 fully saturated rings. The van der Waals surface area contributed by atoms with Crippen LogP contribution in [0.4, 0.5) is 11.4 Å². The molecular weight excluding hydrogens is 526 g/mol. The molecule has 0 atom stereocenters. The van der Waals surface area contributed by atoms with Crippen molar-refractivity contribution in [3.63, 3.8) is 0 Å². The van der Waals surface area contributed by atoms with Gasteiger partial charge in [0.05, 0.1) is 26.5 Å². The number of esters is 2. The Labute approximate surface area is 220 Å². The van der Waals surface area contributed by atoms with Crippen LogP contribution in [-0.2, 0) is 23.9 Å². The molecule has 1 saturated heterocycles. The fourth-order valence-electron chi connectivity index (χ4n) is 2.63. The molecule has 0 unspecified atom stereocenters. The highest BCUT2D eigenvalue weighted by Crippen LogP contribution is 2.31. The molecule has 1 N–H and O–H groups in total. The molecule has 0 saturated carbocycles. The Balaban J connectivity index is 0.000000330. The second kappa shape index (κ2) is 18.1. The van der Waals surface area contributed by atoms with Gasteiger partial charge < -0.3 is 29.2 Å². The van der Waals surface area contributed by atoms with Crippen LogP contribution in [0.1, 0.15) is 30.1 Å². The van der Waals surface area contributed by atoms with Gasteiger partial charge >= 0.3 is 17.6 Å². The number of carbonyl (C=O) groups is 3. The number of carbonyl (C=O) groups excluding carboxylic acids is 3. The number of nitro benzene ring substituents is 2. The summed E-state index contributed by atoms with van der Waals surface area (Å²) in [5.74, 6) is -1.48. The Morgan fingerprint density at radius 2 is 1.72 bits per heavy atom. The zero-order valence-electron chi connectivity index (χ0n) is 20.8. The third-order valence-corrected chi connectivity index (χ3v) is 4.25. The Morgan fingerprint density at radius 1 is 1.03 bits per heavy atom. The second-order valence-electron chi connectivity index (χ2n) is 6.96. The van der Waals surface area contributed by atoms with Crippen molar-refractivity contribution < 1.29 is 48.1 Å². The largest absolute Gasteiger partial charge is 0.430 e. The third kappa shape index (κ3) is 12.6. The zero-order valence-corrected chi connectivity index (χ0v) is 20.8. The van der Waals surface area contributed by atoms with E-state index in [-0.39, 0.29) is 23.5 Å². The first kappa shape index (κ1) is 31.8. The topological polar surface area (TPSA) is 220 Å². The molecule has 210 valence electrons. The average molecular weight is 551 g/mol. The Bertz CT molecular complexity index is 1150. The first-order chi connectivity index (χ1) is 18.7. The van der Waals surface area contributed by atoms with Gasteiger partial charge in [-0.05, 0) is 44.1 Å². The minimum absolute atomic E-state index is 0.0807. The van der Waals surface area contributed by atoms with Crippen molar-refractivity contribution in [1.29, 1.82) is 0 Å². The van der Waals surface area contributed by atoms with Gasteiger partial charge in [0.1, 0.15) is 18.4 Å². The Kier molecular flexibility index (Phi) is 14.8. The molecule has 1 aliphatic heterocycles. The van der Waals surface area contributed by atoms with Crippen LogP contribution >= 0.6 is 0 Å². The van der Waals surface area contributed by atoms with E-state index in [0.29, 0.717) is 0 Å². The van der Waals surface area contributed by atoms with Crippen molar-refractivity contribution in [2.45, 2.75) is 19.8 Å². The molecule has 39 heavy (non-hydrogen) atoms. The molecule has 2 aromatic rings. The van der Waals surface area contributed by atoms with Gasteiger partial charge in [-0.3, -0.25) is 29.8 Å². The standard InChI is InChI=1S/C11H10O6.C7H6N4O6.C4H9N/c1-8(13)17-10-5-3-2-4-9(10)11(14)16-7-15-6-12;1-16-8-9-17-7-3-2-5(10(12)13)4-6(7)11(14)15;1-2-4-5-3-1/h2-6H,7H2,1H3;2-4H,1H3;5H,1-4H2/b;9-8-;. The fourth-order valence-corrected chi connectivity index (χ4v) is 2.63. The summed E-state index contributed by atoms with van der Waals surface area (Å²) in [7, 11) is 1.21. The lowest BCUT2D eigenvalue weighted by atomic mass is 10.2. The van der Waals surface area contributed by atoms with Crippen LogP contribution in [0.2, 0.25) is 0 Å². The summed E-state index contributed by atoms with van der Waals surface area (Å²) in [6.07, 6.45) is 2.78. The average Bonchev–Trinajstić information content (AvgIpc) is 3.50. The number of rotatable bonds is 10. The van der Waals surface area contributed by atoms with E-state index >= 15 is 0 Å². The molecule has 2 aromatic carbocycles. The van der Waals surface area contributed by atoms with Crippen LogP contribution < -0.4 is 14.9 Å². The van der Waals surface area contributed by atoms with Gasteiger partial charge in [-0.1, -0.05) is 12.1 Å². The molecule has 1 aliphatic rings. The summed E-state index contributed by atoms with van der Waals surface area (Å²) in [4.78, 5) is 60.4. The highest BCUT2D eigenvalue weighted by atomic mass is 16.7. The summed E-state index contributed by atoms with van der Waals surface area (Å²) < 4.78 is 13.6. The number of benzene rings is 2. The lowest BCUT2D eigenvalue weighted by Gasteiger charge is -2.07. The van der Waals surface area contributed by atoms with Gasteiger partial charge in [0, 0.05) is 13.0 Å². The monoisotopic (exact) mass is 551 g/mol. The number of non-ortho nitro benzene ring substituents is 1. The first-order valence-electron chi connectivity index (χ1n) is 10.9. The third-order valence-electron chi connectivity index (χ3n) is 4.25. The number of nitro groups is 2. The van der Waals surface area contributed by atoms with Crippen LogP contribution in [0.25, 0.3) is 0 Å². The molecule has 1 heterocycles. The number of para-hydroxylation sites is 1. The van der Waals surface area contributed by atoms with Crippen molar-refractivity contribution in [2.24, 2.45) is 10.6 Å². The molecule has 0 radical (unpaired) electrons. The maximum absolute atomic E-state index is 11.5. The lowest BCUT2D eigenvalue weighted by molar-refractivity contribution is -0.394. The lowest BCUT2D eigenvalue weighted by Crippen LogP contribution is -2.11. The summed E-state index contributed by atoms with van der Waals surface area (Å²) in [5.41, 5.74) is -0.931. The maximum Gasteiger partial charge on any atom is 0.344 e. The minimum Gasteiger partial charge on any atom is -0.430 e. The van der Waals surface area contributed by atoms with Crippen molar-refractivity contribution >= 4 is 29.8 Å². The number of ether oxygens (including phenoxy) is 3. The number of hydrogen-bond donors (Lipinski definition) is 1. The van der Waals surface area contributed by atoms with E-state index in [9.17, 15) is 34.6 Å². The van der Waals surface area contributed by atoms with Crippen molar-refractivity contribution in [3.8, 4) is 11.5 Å².